The summed E-state index contributed by atoms with van der Waals surface area (Å²) in [5, 5.41) is 11.2. The molecule has 0 aliphatic rings. The molecule has 0 heterocycles. The van der Waals surface area contributed by atoms with Crippen LogP contribution in [0.2, 0.25) is 0 Å². The van der Waals surface area contributed by atoms with Crippen LogP contribution in [0.4, 0.5) is 5.69 Å². The van der Waals surface area contributed by atoms with Gasteiger partial charge in [-0.1, -0.05) is 6.07 Å². The Morgan fingerprint density at radius 2 is 2.12 bits per heavy atom. The zero-order valence-electron chi connectivity index (χ0n) is 9.56. The van der Waals surface area contributed by atoms with Gasteiger partial charge in [-0.15, -0.1) is 0 Å². The van der Waals surface area contributed by atoms with E-state index in [1.54, 1.807) is 24.3 Å². The van der Waals surface area contributed by atoms with Gasteiger partial charge in [0.2, 0.25) is 5.91 Å². The first-order chi connectivity index (χ1) is 8.02. The molecular formula is C12H13NO4. The van der Waals surface area contributed by atoms with E-state index in [-0.39, 0.29) is 5.57 Å². The Morgan fingerprint density at radius 3 is 2.71 bits per heavy atom. The van der Waals surface area contributed by atoms with Crippen molar-refractivity contribution in [3.63, 3.8) is 0 Å². The van der Waals surface area contributed by atoms with Crippen LogP contribution in [0.3, 0.4) is 0 Å². The highest BCUT2D eigenvalue weighted by molar-refractivity contribution is 6.04. The summed E-state index contributed by atoms with van der Waals surface area (Å²) in [6, 6.07) is 6.79. The molecule has 0 aliphatic carbocycles. The molecule has 1 aromatic rings. The van der Waals surface area contributed by atoms with E-state index in [2.05, 4.69) is 5.32 Å². The third kappa shape index (κ3) is 3.98. The van der Waals surface area contributed by atoms with Gasteiger partial charge in [0.05, 0.1) is 7.11 Å². The van der Waals surface area contributed by atoms with Crippen molar-refractivity contribution in [3.05, 3.63) is 35.9 Å². The standard InChI is InChI=1S/C12H13NO4/c1-8(12(15)16)6-11(14)13-9-4-3-5-10(7-9)17-2/h3-7H,1-2H3,(H,13,14)(H,15,16)/b8-6+. The van der Waals surface area contributed by atoms with Crippen molar-refractivity contribution < 1.29 is 19.4 Å². The summed E-state index contributed by atoms with van der Waals surface area (Å²) in [6.07, 6.45) is 1.03. The third-order valence-electron chi connectivity index (χ3n) is 2.02. The van der Waals surface area contributed by atoms with E-state index in [9.17, 15) is 9.59 Å². The number of aliphatic carboxylic acids is 1. The van der Waals surface area contributed by atoms with Crippen LogP contribution >= 0.6 is 0 Å². The van der Waals surface area contributed by atoms with Gasteiger partial charge in [-0.05, 0) is 19.1 Å². The smallest absolute Gasteiger partial charge is 0.331 e. The summed E-state index contributed by atoms with van der Waals surface area (Å²) in [7, 11) is 1.52. The molecule has 0 unspecified atom stereocenters. The number of amides is 1. The van der Waals surface area contributed by atoms with Crippen LogP contribution in [0.1, 0.15) is 6.92 Å². The Balaban J connectivity index is 2.74. The molecule has 0 spiro atoms. The Morgan fingerprint density at radius 1 is 1.41 bits per heavy atom. The number of hydrogen-bond acceptors (Lipinski definition) is 3. The van der Waals surface area contributed by atoms with Crippen molar-refractivity contribution in [1.82, 2.24) is 0 Å². The van der Waals surface area contributed by atoms with E-state index < -0.39 is 11.9 Å². The SMILES string of the molecule is COc1cccc(NC(=O)/C=C(\C)C(=O)O)c1. The van der Waals surface area contributed by atoms with Crippen molar-refractivity contribution in [2.45, 2.75) is 6.92 Å². The number of carboxylic acids is 1. The second-order valence-electron chi connectivity index (χ2n) is 3.35. The highest BCUT2D eigenvalue weighted by atomic mass is 16.5. The van der Waals surface area contributed by atoms with Gasteiger partial charge in [0.15, 0.2) is 0 Å². The fourth-order valence-electron chi connectivity index (χ4n) is 1.14. The first-order valence-corrected chi connectivity index (χ1v) is 4.89. The molecule has 0 radical (unpaired) electrons. The number of carboxylic acid groups (broad SMARTS) is 1. The Labute approximate surface area is 98.7 Å². The third-order valence-corrected chi connectivity index (χ3v) is 2.02. The molecule has 2 N–H and O–H groups in total. The van der Waals surface area contributed by atoms with Crippen LogP contribution in [0.5, 0.6) is 5.75 Å². The van der Waals surface area contributed by atoms with E-state index in [0.29, 0.717) is 11.4 Å². The van der Waals surface area contributed by atoms with Gasteiger partial charge in [0.25, 0.3) is 0 Å². The zero-order valence-corrected chi connectivity index (χ0v) is 9.56. The van der Waals surface area contributed by atoms with Crippen molar-refractivity contribution in [3.8, 4) is 5.75 Å². The average molecular weight is 235 g/mol. The van der Waals surface area contributed by atoms with Gasteiger partial charge < -0.3 is 15.2 Å². The highest BCUT2D eigenvalue weighted by Crippen LogP contribution is 2.16. The molecule has 1 aromatic carbocycles. The topological polar surface area (TPSA) is 75.6 Å². The molecule has 90 valence electrons. The maximum absolute atomic E-state index is 11.4. The van der Waals surface area contributed by atoms with Gasteiger partial charge in [-0.3, -0.25) is 4.79 Å². The quantitative estimate of drug-likeness (QED) is 0.778. The molecular weight excluding hydrogens is 222 g/mol. The minimum Gasteiger partial charge on any atom is -0.497 e. The van der Waals surface area contributed by atoms with Gasteiger partial charge in [0.1, 0.15) is 5.75 Å². The van der Waals surface area contributed by atoms with Crippen LogP contribution in [-0.4, -0.2) is 24.1 Å². The van der Waals surface area contributed by atoms with E-state index in [0.717, 1.165) is 6.08 Å². The lowest BCUT2D eigenvalue weighted by Crippen LogP contribution is -2.10. The predicted octanol–water partition coefficient (Wildman–Crippen LogP) is 1.66. The lowest BCUT2D eigenvalue weighted by molar-refractivity contribution is -0.132. The average Bonchev–Trinajstić information content (AvgIpc) is 2.28. The second kappa shape index (κ2) is 5.69. The summed E-state index contributed by atoms with van der Waals surface area (Å²) < 4.78 is 4.99. The molecule has 0 saturated heterocycles. The summed E-state index contributed by atoms with van der Waals surface area (Å²) in [5.41, 5.74) is 0.522. The first-order valence-electron chi connectivity index (χ1n) is 4.89. The molecule has 0 fully saturated rings. The summed E-state index contributed by atoms with van der Waals surface area (Å²) in [6.45, 7) is 1.35. The normalized spacial score (nSPS) is 10.8. The number of carbonyl (C=O) groups is 2. The summed E-state index contributed by atoms with van der Waals surface area (Å²) in [4.78, 5) is 22.0. The highest BCUT2D eigenvalue weighted by Gasteiger charge is 2.04. The molecule has 0 saturated carbocycles. The minimum atomic E-state index is -1.12. The van der Waals surface area contributed by atoms with E-state index in [1.807, 2.05) is 0 Å². The number of ether oxygens (including phenoxy) is 1. The molecule has 5 heteroatoms. The zero-order chi connectivity index (χ0) is 12.8. The lowest BCUT2D eigenvalue weighted by Gasteiger charge is -2.04. The van der Waals surface area contributed by atoms with Gasteiger partial charge in [-0.2, -0.15) is 0 Å². The maximum atomic E-state index is 11.4. The molecule has 1 amide bonds. The van der Waals surface area contributed by atoms with Gasteiger partial charge in [0, 0.05) is 23.4 Å². The maximum Gasteiger partial charge on any atom is 0.331 e. The minimum absolute atomic E-state index is 0.0228. The molecule has 0 aliphatic heterocycles. The fraction of sp³-hybridized carbons (Fsp3) is 0.167. The Hall–Kier alpha value is -2.30. The fourth-order valence-corrected chi connectivity index (χ4v) is 1.14. The number of methoxy groups -OCH3 is 1. The number of anilines is 1. The van der Waals surface area contributed by atoms with Crippen molar-refractivity contribution in [2.24, 2.45) is 0 Å². The molecule has 17 heavy (non-hydrogen) atoms. The Kier molecular flexibility index (Phi) is 4.28. The van der Waals surface area contributed by atoms with Crippen LogP contribution in [0.15, 0.2) is 35.9 Å². The summed E-state index contributed by atoms with van der Waals surface area (Å²) in [5.74, 6) is -0.995. The second-order valence-corrected chi connectivity index (χ2v) is 3.35. The summed E-state index contributed by atoms with van der Waals surface area (Å²) >= 11 is 0. The van der Waals surface area contributed by atoms with E-state index in [4.69, 9.17) is 9.84 Å². The predicted molar refractivity (Wildman–Crippen MR) is 63.0 cm³/mol. The number of rotatable bonds is 4. The molecule has 0 aromatic heterocycles. The molecule has 1 rings (SSSR count). The number of carbonyl (C=O) groups excluding carboxylic acids is 1. The van der Waals surface area contributed by atoms with E-state index >= 15 is 0 Å². The molecule has 0 atom stereocenters. The van der Waals surface area contributed by atoms with Crippen LogP contribution in [0.25, 0.3) is 0 Å². The molecule has 5 nitrogen and oxygen atoms in total. The number of hydrogen-bond donors (Lipinski definition) is 2. The number of nitrogens with one attached hydrogen (secondary N) is 1. The van der Waals surface area contributed by atoms with Crippen molar-refractivity contribution >= 4 is 17.6 Å². The van der Waals surface area contributed by atoms with Crippen molar-refractivity contribution in [1.29, 1.82) is 0 Å². The van der Waals surface area contributed by atoms with Crippen LogP contribution < -0.4 is 10.1 Å². The monoisotopic (exact) mass is 235 g/mol. The van der Waals surface area contributed by atoms with Gasteiger partial charge >= 0.3 is 5.97 Å². The van der Waals surface area contributed by atoms with Crippen LogP contribution in [0, 0.1) is 0 Å². The first kappa shape index (κ1) is 12.8. The Bertz CT molecular complexity index is 465. The van der Waals surface area contributed by atoms with Gasteiger partial charge in [-0.25, -0.2) is 4.79 Å². The van der Waals surface area contributed by atoms with Crippen molar-refractivity contribution in [2.75, 3.05) is 12.4 Å². The van der Waals surface area contributed by atoms with Crippen LogP contribution in [-0.2, 0) is 9.59 Å². The largest absolute Gasteiger partial charge is 0.497 e. The lowest BCUT2D eigenvalue weighted by atomic mass is 10.2. The molecule has 0 bridgehead atoms. The number of benzene rings is 1. The van der Waals surface area contributed by atoms with E-state index in [1.165, 1.54) is 14.0 Å².